The SMILES string of the molecule is CCOc1cc(C)c2nc(NCc3ccccc3)sc2c1. The van der Waals surface area contributed by atoms with Crippen LogP contribution in [0, 0.1) is 6.92 Å². The van der Waals surface area contributed by atoms with Crippen LogP contribution in [0.5, 0.6) is 5.75 Å². The van der Waals surface area contributed by atoms with Crippen LogP contribution in [0.1, 0.15) is 18.1 Å². The van der Waals surface area contributed by atoms with Crippen molar-refractivity contribution in [1.29, 1.82) is 0 Å². The number of nitrogens with one attached hydrogen (secondary N) is 1. The highest BCUT2D eigenvalue weighted by molar-refractivity contribution is 7.22. The average molecular weight is 298 g/mol. The summed E-state index contributed by atoms with van der Waals surface area (Å²) < 4.78 is 6.75. The molecule has 0 spiro atoms. The van der Waals surface area contributed by atoms with E-state index in [2.05, 4.69) is 35.4 Å². The number of benzene rings is 2. The predicted molar refractivity (Wildman–Crippen MR) is 89.3 cm³/mol. The van der Waals surface area contributed by atoms with Crippen LogP contribution in [0.25, 0.3) is 10.2 Å². The molecule has 0 atom stereocenters. The highest BCUT2D eigenvalue weighted by Gasteiger charge is 2.08. The van der Waals surface area contributed by atoms with E-state index in [1.54, 1.807) is 11.3 Å². The average Bonchev–Trinajstić information content (AvgIpc) is 2.90. The molecule has 3 nitrogen and oxygen atoms in total. The van der Waals surface area contributed by atoms with Gasteiger partial charge in [0.15, 0.2) is 5.13 Å². The fourth-order valence-corrected chi connectivity index (χ4v) is 3.23. The highest BCUT2D eigenvalue weighted by atomic mass is 32.1. The van der Waals surface area contributed by atoms with Crippen LogP contribution in [0.15, 0.2) is 42.5 Å². The Labute approximate surface area is 128 Å². The molecule has 0 aliphatic carbocycles. The maximum atomic E-state index is 5.59. The van der Waals surface area contributed by atoms with Crippen molar-refractivity contribution in [3.63, 3.8) is 0 Å². The zero-order valence-electron chi connectivity index (χ0n) is 12.2. The van der Waals surface area contributed by atoms with Gasteiger partial charge in [-0.05, 0) is 37.1 Å². The summed E-state index contributed by atoms with van der Waals surface area (Å²) in [6.07, 6.45) is 0. The van der Waals surface area contributed by atoms with Crippen LogP contribution < -0.4 is 10.1 Å². The van der Waals surface area contributed by atoms with E-state index >= 15 is 0 Å². The molecule has 0 saturated heterocycles. The minimum absolute atomic E-state index is 0.683. The molecule has 0 saturated carbocycles. The molecule has 0 bridgehead atoms. The van der Waals surface area contributed by atoms with E-state index in [-0.39, 0.29) is 0 Å². The number of fused-ring (bicyclic) bond motifs is 1. The first-order valence-corrected chi connectivity index (χ1v) is 7.89. The Kier molecular flexibility index (Phi) is 4.06. The lowest BCUT2D eigenvalue weighted by Gasteiger charge is -2.03. The van der Waals surface area contributed by atoms with Gasteiger partial charge in [0, 0.05) is 6.54 Å². The number of hydrogen-bond donors (Lipinski definition) is 1. The Bertz CT molecular complexity index is 737. The summed E-state index contributed by atoms with van der Waals surface area (Å²) in [6.45, 7) is 5.55. The van der Waals surface area contributed by atoms with Crippen molar-refractivity contribution in [2.75, 3.05) is 11.9 Å². The molecule has 0 fully saturated rings. The number of aromatic nitrogens is 1. The van der Waals surface area contributed by atoms with E-state index < -0.39 is 0 Å². The third-order valence-electron chi connectivity index (χ3n) is 3.26. The van der Waals surface area contributed by atoms with Crippen molar-refractivity contribution in [2.24, 2.45) is 0 Å². The molecule has 0 aliphatic rings. The smallest absolute Gasteiger partial charge is 0.184 e. The number of hydrogen-bond acceptors (Lipinski definition) is 4. The summed E-state index contributed by atoms with van der Waals surface area (Å²) >= 11 is 1.67. The normalized spacial score (nSPS) is 10.8. The topological polar surface area (TPSA) is 34.1 Å². The number of thiazole rings is 1. The summed E-state index contributed by atoms with van der Waals surface area (Å²) in [7, 11) is 0. The summed E-state index contributed by atoms with van der Waals surface area (Å²) in [5.74, 6) is 0.917. The number of ether oxygens (including phenoxy) is 1. The van der Waals surface area contributed by atoms with Gasteiger partial charge < -0.3 is 10.1 Å². The van der Waals surface area contributed by atoms with Gasteiger partial charge in [-0.3, -0.25) is 0 Å². The van der Waals surface area contributed by atoms with Crippen molar-refractivity contribution in [3.8, 4) is 5.75 Å². The van der Waals surface area contributed by atoms with Crippen molar-refractivity contribution in [1.82, 2.24) is 4.98 Å². The second kappa shape index (κ2) is 6.14. The molecule has 0 radical (unpaired) electrons. The lowest BCUT2D eigenvalue weighted by molar-refractivity contribution is 0.340. The summed E-state index contributed by atoms with van der Waals surface area (Å²) in [5, 5.41) is 4.35. The van der Waals surface area contributed by atoms with Gasteiger partial charge in [-0.15, -0.1) is 0 Å². The summed E-state index contributed by atoms with van der Waals surface area (Å²) in [6, 6.07) is 14.5. The number of anilines is 1. The maximum Gasteiger partial charge on any atom is 0.184 e. The Morgan fingerprint density at radius 3 is 2.76 bits per heavy atom. The van der Waals surface area contributed by atoms with Crippen molar-refractivity contribution < 1.29 is 4.74 Å². The van der Waals surface area contributed by atoms with Crippen molar-refractivity contribution in [2.45, 2.75) is 20.4 Å². The molecule has 3 rings (SSSR count). The van der Waals surface area contributed by atoms with Crippen molar-refractivity contribution >= 4 is 26.7 Å². The Morgan fingerprint density at radius 2 is 2.00 bits per heavy atom. The van der Waals surface area contributed by atoms with E-state index in [0.29, 0.717) is 6.61 Å². The van der Waals surface area contributed by atoms with Gasteiger partial charge in [-0.1, -0.05) is 41.7 Å². The van der Waals surface area contributed by atoms with Gasteiger partial charge in [0.2, 0.25) is 0 Å². The first-order valence-electron chi connectivity index (χ1n) is 7.08. The van der Waals surface area contributed by atoms with Crippen LogP contribution in [-0.2, 0) is 6.54 Å². The molecule has 2 aromatic carbocycles. The Morgan fingerprint density at radius 1 is 1.19 bits per heavy atom. The van der Waals surface area contributed by atoms with E-state index in [4.69, 9.17) is 4.74 Å². The molecule has 0 unspecified atom stereocenters. The van der Waals surface area contributed by atoms with Gasteiger partial charge in [-0.2, -0.15) is 0 Å². The van der Waals surface area contributed by atoms with Crippen LogP contribution in [-0.4, -0.2) is 11.6 Å². The van der Waals surface area contributed by atoms with Crippen LogP contribution >= 0.6 is 11.3 Å². The second-order valence-corrected chi connectivity index (χ2v) is 5.91. The number of nitrogens with zero attached hydrogens (tertiary/aromatic N) is 1. The molecular formula is C17H18N2OS. The standard InChI is InChI=1S/C17H18N2OS/c1-3-20-14-9-12(2)16-15(10-14)21-17(19-16)18-11-13-7-5-4-6-8-13/h4-10H,3,11H2,1-2H3,(H,18,19). The largest absolute Gasteiger partial charge is 0.494 e. The van der Waals surface area contributed by atoms with Crippen LogP contribution in [0.3, 0.4) is 0 Å². The highest BCUT2D eigenvalue weighted by Crippen LogP contribution is 2.32. The maximum absolute atomic E-state index is 5.59. The Hall–Kier alpha value is -2.07. The van der Waals surface area contributed by atoms with E-state index in [9.17, 15) is 0 Å². The number of aryl methyl sites for hydroxylation is 1. The molecular weight excluding hydrogens is 280 g/mol. The molecule has 1 aromatic heterocycles. The van der Waals surface area contributed by atoms with Crippen LogP contribution in [0.2, 0.25) is 0 Å². The minimum atomic E-state index is 0.683. The first kappa shape index (κ1) is 13.9. The fourth-order valence-electron chi connectivity index (χ4n) is 2.26. The molecule has 1 heterocycles. The molecule has 0 aliphatic heterocycles. The summed E-state index contributed by atoms with van der Waals surface area (Å²) in [5.41, 5.74) is 3.46. The zero-order valence-corrected chi connectivity index (χ0v) is 13.0. The zero-order chi connectivity index (χ0) is 14.7. The quantitative estimate of drug-likeness (QED) is 0.746. The van der Waals surface area contributed by atoms with E-state index in [1.165, 1.54) is 5.56 Å². The van der Waals surface area contributed by atoms with Gasteiger partial charge in [0.05, 0.1) is 16.8 Å². The van der Waals surface area contributed by atoms with Crippen LogP contribution in [0.4, 0.5) is 5.13 Å². The molecule has 1 N–H and O–H groups in total. The van der Waals surface area contributed by atoms with Gasteiger partial charge in [0.25, 0.3) is 0 Å². The molecule has 21 heavy (non-hydrogen) atoms. The van der Waals surface area contributed by atoms with Gasteiger partial charge in [-0.25, -0.2) is 4.98 Å². The lowest BCUT2D eigenvalue weighted by Crippen LogP contribution is -1.98. The fraction of sp³-hybridized carbons (Fsp3) is 0.235. The molecule has 3 aromatic rings. The van der Waals surface area contributed by atoms with Gasteiger partial charge >= 0.3 is 0 Å². The lowest BCUT2D eigenvalue weighted by atomic mass is 10.2. The third-order valence-corrected chi connectivity index (χ3v) is 4.22. The van der Waals surface area contributed by atoms with Gasteiger partial charge in [0.1, 0.15) is 5.75 Å². The van der Waals surface area contributed by atoms with E-state index in [0.717, 1.165) is 33.2 Å². The van der Waals surface area contributed by atoms with Crippen molar-refractivity contribution in [3.05, 3.63) is 53.6 Å². The monoisotopic (exact) mass is 298 g/mol. The second-order valence-electron chi connectivity index (χ2n) is 4.88. The number of rotatable bonds is 5. The minimum Gasteiger partial charge on any atom is -0.494 e. The third kappa shape index (κ3) is 3.16. The molecule has 0 amide bonds. The van der Waals surface area contributed by atoms with E-state index in [1.807, 2.05) is 31.2 Å². The summed E-state index contributed by atoms with van der Waals surface area (Å²) in [4.78, 5) is 4.68. The molecule has 108 valence electrons. The predicted octanol–water partition coefficient (Wildman–Crippen LogP) is 4.62. The molecule has 4 heteroatoms. The Balaban J connectivity index is 1.82. The first-order chi connectivity index (χ1) is 10.3.